The Kier molecular flexibility index (Phi) is 4.07. The molecule has 1 aromatic rings. The summed E-state index contributed by atoms with van der Waals surface area (Å²) in [7, 11) is 0. The lowest BCUT2D eigenvalue weighted by atomic mass is 9.97. The Labute approximate surface area is 124 Å². The molecule has 1 unspecified atom stereocenters. The Morgan fingerprint density at radius 2 is 2.24 bits per heavy atom. The second-order valence-electron chi connectivity index (χ2n) is 5.88. The van der Waals surface area contributed by atoms with Crippen molar-refractivity contribution < 1.29 is 9.53 Å². The average molecular weight is 290 g/mol. The molecule has 2 aliphatic heterocycles. The predicted octanol–water partition coefficient (Wildman–Crippen LogP) is 0.284. The molecule has 2 aliphatic rings. The number of amides is 1. The Morgan fingerprint density at radius 1 is 1.43 bits per heavy atom. The molecule has 6 heteroatoms. The molecule has 3 rings (SSSR count). The van der Waals surface area contributed by atoms with Crippen LogP contribution in [0.15, 0.2) is 24.4 Å². The number of hydrogen-bond acceptors (Lipinski definition) is 5. The highest BCUT2D eigenvalue weighted by atomic mass is 16.5. The van der Waals surface area contributed by atoms with Crippen LogP contribution in [-0.4, -0.2) is 48.8 Å². The first kappa shape index (κ1) is 14.3. The minimum Gasteiger partial charge on any atom is -0.379 e. The second-order valence-corrected chi connectivity index (χ2v) is 5.88. The topological polar surface area (TPSA) is 80.5 Å². The van der Waals surface area contributed by atoms with Crippen LogP contribution in [0, 0.1) is 0 Å². The third-order valence-electron chi connectivity index (χ3n) is 4.31. The highest BCUT2D eigenvalue weighted by Crippen LogP contribution is 2.19. The van der Waals surface area contributed by atoms with Crippen LogP contribution in [0.1, 0.15) is 19.3 Å². The van der Waals surface area contributed by atoms with Crippen molar-refractivity contribution in [1.29, 1.82) is 0 Å². The van der Waals surface area contributed by atoms with Crippen molar-refractivity contribution in [2.75, 3.05) is 31.2 Å². The van der Waals surface area contributed by atoms with Crippen molar-refractivity contribution >= 4 is 11.7 Å². The van der Waals surface area contributed by atoms with Crippen molar-refractivity contribution in [2.24, 2.45) is 5.73 Å². The fraction of sp³-hybridized carbons (Fsp3) is 0.600. The van der Waals surface area contributed by atoms with E-state index in [0.29, 0.717) is 19.6 Å². The lowest BCUT2D eigenvalue weighted by Gasteiger charge is -2.34. The van der Waals surface area contributed by atoms with E-state index in [-0.39, 0.29) is 11.9 Å². The molecule has 2 saturated heterocycles. The van der Waals surface area contributed by atoms with Crippen molar-refractivity contribution in [2.45, 2.75) is 30.8 Å². The van der Waals surface area contributed by atoms with Gasteiger partial charge in [-0.05, 0) is 31.4 Å². The Hall–Kier alpha value is -1.66. The molecule has 0 spiro atoms. The van der Waals surface area contributed by atoms with E-state index in [1.54, 1.807) is 0 Å². The van der Waals surface area contributed by atoms with Crippen LogP contribution in [-0.2, 0) is 9.53 Å². The largest absolute Gasteiger partial charge is 0.379 e. The highest BCUT2D eigenvalue weighted by Gasteiger charge is 2.39. The van der Waals surface area contributed by atoms with Crippen LogP contribution in [0.4, 0.5) is 5.82 Å². The van der Waals surface area contributed by atoms with E-state index in [1.165, 1.54) is 0 Å². The van der Waals surface area contributed by atoms with Gasteiger partial charge in [-0.15, -0.1) is 0 Å². The summed E-state index contributed by atoms with van der Waals surface area (Å²) in [4.78, 5) is 18.9. The van der Waals surface area contributed by atoms with Crippen LogP contribution in [0.2, 0.25) is 0 Å². The number of carbonyl (C=O) groups is 1. The summed E-state index contributed by atoms with van der Waals surface area (Å²) in [5.74, 6) is 0.929. The number of nitrogens with one attached hydrogen (secondary N) is 1. The summed E-state index contributed by atoms with van der Waals surface area (Å²) in [6, 6.07) is 6.12. The van der Waals surface area contributed by atoms with Gasteiger partial charge in [0.2, 0.25) is 5.91 Å². The quantitative estimate of drug-likeness (QED) is 0.836. The van der Waals surface area contributed by atoms with Crippen LogP contribution >= 0.6 is 0 Å². The summed E-state index contributed by atoms with van der Waals surface area (Å²) in [5.41, 5.74) is 5.25. The van der Waals surface area contributed by atoms with Gasteiger partial charge in [-0.3, -0.25) is 4.79 Å². The third-order valence-corrected chi connectivity index (χ3v) is 4.31. The molecule has 1 atom stereocenters. The maximum absolute atomic E-state index is 12.2. The summed E-state index contributed by atoms with van der Waals surface area (Å²) in [6.07, 6.45) is 4.24. The van der Waals surface area contributed by atoms with Gasteiger partial charge < -0.3 is 20.7 Å². The number of carbonyl (C=O) groups excluding carboxylic acids is 1. The summed E-state index contributed by atoms with van der Waals surface area (Å²) < 4.78 is 5.24. The zero-order valence-corrected chi connectivity index (χ0v) is 12.1. The van der Waals surface area contributed by atoms with Gasteiger partial charge in [0.25, 0.3) is 0 Å². The smallest absolute Gasteiger partial charge is 0.242 e. The molecule has 114 valence electrons. The SMILES string of the molecule is NC1(C(=O)NC2CCN(c3ccccn3)CC2)CCOC1. The minimum atomic E-state index is -0.835. The normalized spacial score (nSPS) is 26.8. The van der Waals surface area contributed by atoms with Crippen LogP contribution in [0.25, 0.3) is 0 Å². The first-order valence-electron chi connectivity index (χ1n) is 7.51. The zero-order valence-electron chi connectivity index (χ0n) is 12.1. The summed E-state index contributed by atoms with van der Waals surface area (Å²) >= 11 is 0. The molecule has 6 nitrogen and oxygen atoms in total. The summed E-state index contributed by atoms with van der Waals surface area (Å²) in [5, 5.41) is 3.08. The van der Waals surface area contributed by atoms with Gasteiger partial charge in [0, 0.05) is 31.9 Å². The number of ether oxygens (including phenoxy) is 1. The van der Waals surface area contributed by atoms with Gasteiger partial charge in [-0.1, -0.05) is 6.07 Å². The molecule has 0 aromatic carbocycles. The molecule has 1 amide bonds. The fourth-order valence-electron chi connectivity index (χ4n) is 2.88. The average Bonchev–Trinajstić information content (AvgIpc) is 2.97. The van der Waals surface area contributed by atoms with Gasteiger partial charge in [0.15, 0.2) is 0 Å². The monoisotopic (exact) mass is 290 g/mol. The lowest BCUT2D eigenvalue weighted by Crippen LogP contribution is -2.58. The first-order chi connectivity index (χ1) is 10.2. The second kappa shape index (κ2) is 5.99. The number of nitrogens with two attached hydrogens (primary N) is 1. The van der Waals surface area contributed by atoms with E-state index in [2.05, 4.69) is 15.2 Å². The molecule has 2 fully saturated rings. The zero-order chi connectivity index (χ0) is 14.7. The van der Waals surface area contributed by atoms with E-state index in [1.807, 2.05) is 24.4 Å². The third kappa shape index (κ3) is 3.16. The highest BCUT2D eigenvalue weighted by molar-refractivity contribution is 5.86. The van der Waals surface area contributed by atoms with Crippen LogP contribution in [0.3, 0.4) is 0 Å². The van der Waals surface area contributed by atoms with Gasteiger partial charge in [-0.2, -0.15) is 0 Å². The van der Waals surface area contributed by atoms with Crippen LogP contribution < -0.4 is 16.0 Å². The van der Waals surface area contributed by atoms with Gasteiger partial charge in [-0.25, -0.2) is 4.98 Å². The van der Waals surface area contributed by atoms with E-state index in [9.17, 15) is 4.79 Å². The van der Waals surface area contributed by atoms with Gasteiger partial charge in [0.1, 0.15) is 11.4 Å². The number of anilines is 1. The van der Waals surface area contributed by atoms with Gasteiger partial charge in [0.05, 0.1) is 6.61 Å². The van der Waals surface area contributed by atoms with Crippen molar-refractivity contribution in [3.63, 3.8) is 0 Å². The lowest BCUT2D eigenvalue weighted by molar-refractivity contribution is -0.127. The molecular weight excluding hydrogens is 268 g/mol. The number of hydrogen-bond donors (Lipinski definition) is 2. The minimum absolute atomic E-state index is 0.0729. The maximum atomic E-state index is 12.2. The van der Waals surface area contributed by atoms with Crippen molar-refractivity contribution in [3.8, 4) is 0 Å². The maximum Gasteiger partial charge on any atom is 0.242 e. The Bertz CT molecular complexity index is 480. The molecule has 0 bridgehead atoms. The van der Waals surface area contributed by atoms with E-state index >= 15 is 0 Å². The van der Waals surface area contributed by atoms with E-state index < -0.39 is 5.54 Å². The van der Waals surface area contributed by atoms with Crippen molar-refractivity contribution in [3.05, 3.63) is 24.4 Å². The number of rotatable bonds is 3. The van der Waals surface area contributed by atoms with Crippen molar-refractivity contribution in [1.82, 2.24) is 10.3 Å². The Morgan fingerprint density at radius 3 is 2.86 bits per heavy atom. The number of pyridine rings is 1. The summed E-state index contributed by atoms with van der Waals surface area (Å²) in [6.45, 7) is 2.69. The molecule has 0 saturated carbocycles. The molecular formula is C15H22N4O2. The number of piperidine rings is 1. The van der Waals surface area contributed by atoms with E-state index in [0.717, 1.165) is 31.7 Å². The number of aromatic nitrogens is 1. The molecule has 3 N–H and O–H groups in total. The molecule has 0 aliphatic carbocycles. The predicted molar refractivity (Wildman–Crippen MR) is 80.0 cm³/mol. The Balaban J connectivity index is 1.51. The standard InChI is InChI=1S/C15H22N4O2/c16-15(6-10-21-11-15)14(20)18-12-4-8-19(9-5-12)13-3-1-2-7-17-13/h1-3,7,12H,4-6,8-11,16H2,(H,18,20). The molecule has 3 heterocycles. The van der Waals surface area contributed by atoms with E-state index in [4.69, 9.17) is 10.5 Å². The van der Waals surface area contributed by atoms with Crippen LogP contribution in [0.5, 0.6) is 0 Å². The fourth-order valence-corrected chi connectivity index (χ4v) is 2.88. The number of nitrogens with zero attached hydrogens (tertiary/aromatic N) is 2. The molecule has 1 aromatic heterocycles. The molecule has 0 radical (unpaired) electrons. The first-order valence-corrected chi connectivity index (χ1v) is 7.51. The molecule has 21 heavy (non-hydrogen) atoms. The van der Waals surface area contributed by atoms with Gasteiger partial charge >= 0.3 is 0 Å².